The molecule has 7 heteroatoms. The summed E-state index contributed by atoms with van der Waals surface area (Å²) in [6.07, 6.45) is -4.89. The fourth-order valence-electron chi connectivity index (χ4n) is 1.86. The summed E-state index contributed by atoms with van der Waals surface area (Å²) in [6, 6.07) is 6.62. The van der Waals surface area contributed by atoms with Crippen molar-refractivity contribution in [3.05, 3.63) is 29.8 Å². The van der Waals surface area contributed by atoms with E-state index >= 15 is 0 Å². The van der Waals surface area contributed by atoms with Crippen molar-refractivity contribution < 1.29 is 27.4 Å². The average Bonchev–Trinajstić information content (AvgIpc) is 2.35. The van der Waals surface area contributed by atoms with Gasteiger partial charge in [-0.05, 0) is 18.2 Å². The Morgan fingerprint density at radius 2 is 2.10 bits per heavy atom. The number of ether oxygens (including phenoxy) is 2. The van der Waals surface area contributed by atoms with Crippen molar-refractivity contribution in [2.24, 2.45) is 0 Å². The van der Waals surface area contributed by atoms with Gasteiger partial charge in [0.15, 0.2) is 0 Å². The highest BCUT2D eigenvalue weighted by molar-refractivity contribution is 5.95. The normalized spacial score (nSPS) is 15.9. The Morgan fingerprint density at radius 1 is 1.40 bits per heavy atom. The smallest absolute Gasteiger partial charge is 0.411 e. The van der Waals surface area contributed by atoms with Gasteiger partial charge in [0.05, 0.1) is 13.2 Å². The lowest BCUT2D eigenvalue weighted by atomic mass is 10.1. The molecule has 0 saturated carbocycles. The molecule has 0 bridgehead atoms. The third-order valence-electron chi connectivity index (χ3n) is 2.93. The van der Waals surface area contributed by atoms with Gasteiger partial charge in [0.25, 0.3) is 5.91 Å². The van der Waals surface area contributed by atoms with E-state index in [4.69, 9.17) is 4.74 Å². The Labute approximate surface area is 114 Å². The zero-order valence-corrected chi connectivity index (χ0v) is 10.8. The lowest BCUT2D eigenvalue weighted by molar-refractivity contribution is -0.196. The minimum Gasteiger partial charge on any atom is -0.497 e. The van der Waals surface area contributed by atoms with Crippen molar-refractivity contribution in [1.82, 2.24) is 4.90 Å². The molecule has 1 heterocycles. The lowest BCUT2D eigenvalue weighted by Crippen LogP contribution is -2.55. The second-order valence-corrected chi connectivity index (χ2v) is 4.49. The lowest BCUT2D eigenvalue weighted by Gasteiger charge is -2.39. The molecule has 0 spiro atoms. The number of rotatable bonds is 4. The maximum absolute atomic E-state index is 12.0. The van der Waals surface area contributed by atoms with E-state index in [1.165, 1.54) is 12.0 Å². The molecule has 1 saturated heterocycles. The van der Waals surface area contributed by atoms with E-state index in [0.29, 0.717) is 11.3 Å². The fourth-order valence-corrected chi connectivity index (χ4v) is 1.86. The second-order valence-electron chi connectivity index (χ2n) is 4.49. The number of nitrogens with zero attached hydrogens (tertiary/aromatic N) is 1. The van der Waals surface area contributed by atoms with Gasteiger partial charge in [0.1, 0.15) is 12.4 Å². The van der Waals surface area contributed by atoms with Crippen LogP contribution in [0.1, 0.15) is 10.4 Å². The first-order chi connectivity index (χ1) is 9.39. The SMILES string of the molecule is COc1cccc(C(=O)N2CC(OCC(F)(F)F)C2)c1. The van der Waals surface area contributed by atoms with Gasteiger partial charge in [0.2, 0.25) is 0 Å². The van der Waals surface area contributed by atoms with E-state index in [1.807, 2.05) is 0 Å². The number of hydrogen-bond donors (Lipinski definition) is 0. The number of halogens is 3. The van der Waals surface area contributed by atoms with Crippen molar-refractivity contribution in [2.75, 3.05) is 26.8 Å². The first-order valence-corrected chi connectivity index (χ1v) is 6.01. The molecular formula is C13H14F3NO3. The molecule has 0 aromatic heterocycles. The van der Waals surface area contributed by atoms with Crippen LogP contribution in [0.25, 0.3) is 0 Å². The van der Waals surface area contributed by atoms with Crippen molar-refractivity contribution in [1.29, 1.82) is 0 Å². The van der Waals surface area contributed by atoms with Crippen LogP contribution in [0.4, 0.5) is 13.2 Å². The Kier molecular flexibility index (Phi) is 4.17. The summed E-state index contributed by atoms with van der Waals surface area (Å²) in [6.45, 7) is -0.933. The number of hydrogen-bond acceptors (Lipinski definition) is 3. The molecule has 20 heavy (non-hydrogen) atoms. The van der Waals surface area contributed by atoms with Gasteiger partial charge in [-0.25, -0.2) is 0 Å². The average molecular weight is 289 g/mol. The monoisotopic (exact) mass is 289 g/mol. The summed E-state index contributed by atoms with van der Waals surface area (Å²) in [5.74, 6) is 0.317. The summed E-state index contributed by atoms with van der Waals surface area (Å²) in [7, 11) is 1.49. The third-order valence-corrected chi connectivity index (χ3v) is 2.93. The van der Waals surface area contributed by atoms with Gasteiger partial charge in [0, 0.05) is 18.7 Å². The largest absolute Gasteiger partial charge is 0.497 e. The van der Waals surface area contributed by atoms with Gasteiger partial charge >= 0.3 is 6.18 Å². The van der Waals surface area contributed by atoms with Crippen LogP contribution >= 0.6 is 0 Å². The molecule has 1 aromatic rings. The molecule has 0 N–H and O–H groups in total. The first-order valence-electron chi connectivity index (χ1n) is 6.01. The van der Waals surface area contributed by atoms with Crippen LogP contribution < -0.4 is 4.74 Å². The van der Waals surface area contributed by atoms with E-state index in [1.54, 1.807) is 24.3 Å². The van der Waals surface area contributed by atoms with E-state index in [-0.39, 0.29) is 19.0 Å². The Hall–Kier alpha value is -1.76. The fraction of sp³-hybridized carbons (Fsp3) is 0.462. The highest BCUT2D eigenvalue weighted by Crippen LogP contribution is 2.21. The molecule has 1 aromatic carbocycles. The Morgan fingerprint density at radius 3 is 2.70 bits per heavy atom. The molecule has 0 unspecified atom stereocenters. The molecule has 1 amide bonds. The van der Waals surface area contributed by atoms with Crippen molar-refractivity contribution in [3.63, 3.8) is 0 Å². The van der Waals surface area contributed by atoms with Gasteiger partial charge in [-0.1, -0.05) is 6.07 Å². The zero-order valence-electron chi connectivity index (χ0n) is 10.8. The molecule has 0 atom stereocenters. The molecule has 110 valence electrons. The number of benzene rings is 1. The molecule has 1 aliphatic rings. The third kappa shape index (κ3) is 3.63. The Balaban J connectivity index is 1.84. The van der Waals surface area contributed by atoms with Crippen LogP contribution in [0.15, 0.2) is 24.3 Å². The molecule has 2 rings (SSSR count). The predicted octanol–water partition coefficient (Wildman–Crippen LogP) is 2.10. The van der Waals surface area contributed by atoms with Crippen molar-refractivity contribution in [2.45, 2.75) is 12.3 Å². The summed E-state index contributed by atoms with van der Waals surface area (Å²) >= 11 is 0. The van der Waals surface area contributed by atoms with Crippen molar-refractivity contribution >= 4 is 5.91 Å². The van der Waals surface area contributed by atoms with Crippen LogP contribution in [-0.2, 0) is 4.74 Å². The molecular weight excluding hydrogens is 275 g/mol. The topological polar surface area (TPSA) is 38.8 Å². The van der Waals surface area contributed by atoms with E-state index in [0.717, 1.165) is 0 Å². The Bertz CT molecular complexity index is 484. The number of methoxy groups -OCH3 is 1. The highest BCUT2D eigenvalue weighted by Gasteiger charge is 2.36. The molecule has 1 fully saturated rings. The summed E-state index contributed by atoms with van der Waals surface area (Å²) in [5, 5.41) is 0. The molecule has 0 aliphatic carbocycles. The summed E-state index contributed by atoms with van der Waals surface area (Å²) < 4.78 is 45.6. The minimum atomic E-state index is -4.34. The van der Waals surface area contributed by atoms with Crippen LogP contribution in [0, 0.1) is 0 Å². The van der Waals surface area contributed by atoms with E-state index in [2.05, 4.69) is 4.74 Å². The van der Waals surface area contributed by atoms with E-state index < -0.39 is 18.9 Å². The summed E-state index contributed by atoms with van der Waals surface area (Å²) in [5.41, 5.74) is 0.443. The van der Waals surface area contributed by atoms with Crippen molar-refractivity contribution in [3.8, 4) is 5.75 Å². The maximum Gasteiger partial charge on any atom is 0.411 e. The minimum absolute atomic E-state index is 0.173. The number of carbonyl (C=O) groups is 1. The number of alkyl halides is 3. The van der Waals surface area contributed by atoms with Crippen LogP contribution in [0.3, 0.4) is 0 Å². The summed E-state index contributed by atoms with van der Waals surface area (Å²) in [4.78, 5) is 13.5. The van der Waals surface area contributed by atoms with Gasteiger partial charge in [-0.15, -0.1) is 0 Å². The van der Waals surface area contributed by atoms with Crippen LogP contribution in [0.5, 0.6) is 5.75 Å². The zero-order chi connectivity index (χ0) is 14.8. The quantitative estimate of drug-likeness (QED) is 0.852. The molecule has 4 nitrogen and oxygen atoms in total. The van der Waals surface area contributed by atoms with Crippen LogP contribution in [-0.4, -0.2) is 49.9 Å². The predicted molar refractivity (Wildman–Crippen MR) is 64.7 cm³/mol. The molecule has 1 aliphatic heterocycles. The first kappa shape index (κ1) is 14.6. The molecule has 0 radical (unpaired) electrons. The van der Waals surface area contributed by atoms with Gasteiger partial charge in [-0.3, -0.25) is 4.79 Å². The number of likely N-dealkylation sites (tertiary alicyclic amines) is 1. The van der Waals surface area contributed by atoms with E-state index in [9.17, 15) is 18.0 Å². The van der Waals surface area contributed by atoms with Gasteiger partial charge in [-0.2, -0.15) is 13.2 Å². The van der Waals surface area contributed by atoms with Crippen LogP contribution in [0.2, 0.25) is 0 Å². The second kappa shape index (κ2) is 5.70. The maximum atomic E-state index is 12.0. The standard InChI is InChI=1S/C13H14F3NO3/c1-19-10-4-2-3-9(5-10)12(18)17-6-11(7-17)20-8-13(14,15)16/h2-5,11H,6-8H2,1H3. The van der Waals surface area contributed by atoms with Gasteiger partial charge < -0.3 is 14.4 Å². The highest BCUT2D eigenvalue weighted by atomic mass is 19.4. The number of carbonyl (C=O) groups excluding carboxylic acids is 1. The number of amides is 1.